The van der Waals surface area contributed by atoms with E-state index in [0.717, 1.165) is 87.0 Å². The smallest absolute Gasteiger partial charge is 0.306 e. The molecule has 4 rings (SSSR count). The van der Waals surface area contributed by atoms with Crippen LogP contribution in [-0.4, -0.2) is 48.1 Å². The van der Waals surface area contributed by atoms with Gasteiger partial charge in [0.2, 0.25) is 5.91 Å². The monoisotopic (exact) mass is 712 g/mol. The summed E-state index contributed by atoms with van der Waals surface area (Å²) in [6.45, 7) is 17.9. The van der Waals surface area contributed by atoms with Crippen molar-refractivity contribution in [3.05, 3.63) is 11.6 Å². The topological polar surface area (TPSA) is 98.7 Å². The van der Waals surface area contributed by atoms with E-state index < -0.39 is 0 Å². The molecule has 6 nitrogen and oxygen atoms in total. The van der Waals surface area contributed by atoms with Crippen LogP contribution in [0.3, 0.4) is 0 Å². The molecule has 3 saturated carbocycles. The first kappa shape index (κ1) is 42.3. The molecule has 6 heteroatoms. The van der Waals surface area contributed by atoms with Crippen molar-refractivity contribution in [2.45, 2.75) is 201 Å². The van der Waals surface area contributed by atoms with E-state index in [4.69, 9.17) is 16.2 Å². The molecular formula is C45H81N3O3. The van der Waals surface area contributed by atoms with Crippen LogP contribution in [-0.2, 0) is 14.3 Å². The summed E-state index contributed by atoms with van der Waals surface area (Å²) in [7, 11) is 0. The molecule has 0 bridgehead atoms. The van der Waals surface area contributed by atoms with Gasteiger partial charge in [0.25, 0.3) is 0 Å². The molecule has 10 atom stereocenters. The standard InChI is InChI=1S/C45H81N3O3/c1-8-35(32(2)3)16-14-17-36-19-21-40-39-20-18-37-31-38(24-27-45(37,7)41(39)25-28-44(36,40)6)51-43(50)23-22-42(49)48(30-26-34(5)47)29-13-11-9-10-12-15-33(4)46/h18,32-36,38-41H,8-17,19-31,46-47H2,1-7H3. The Bertz CT molecular complexity index is 1120. The zero-order valence-electron chi connectivity index (χ0n) is 34.4. The molecule has 0 heterocycles. The van der Waals surface area contributed by atoms with Gasteiger partial charge in [-0.2, -0.15) is 0 Å². The van der Waals surface area contributed by atoms with Crippen LogP contribution in [0.4, 0.5) is 0 Å². The molecule has 4 aliphatic rings. The van der Waals surface area contributed by atoms with E-state index in [-0.39, 0.29) is 48.3 Å². The van der Waals surface area contributed by atoms with Gasteiger partial charge in [0.05, 0.1) is 6.42 Å². The molecule has 0 spiro atoms. The highest BCUT2D eigenvalue weighted by molar-refractivity contribution is 5.81. The Hall–Kier alpha value is -1.40. The van der Waals surface area contributed by atoms with Crippen molar-refractivity contribution >= 4 is 11.9 Å². The molecule has 1 amide bonds. The zero-order valence-corrected chi connectivity index (χ0v) is 34.4. The van der Waals surface area contributed by atoms with E-state index in [0.29, 0.717) is 12.0 Å². The van der Waals surface area contributed by atoms with Gasteiger partial charge >= 0.3 is 5.97 Å². The van der Waals surface area contributed by atoms with Crippen LogP contribution in [0.5, 0.6) is 0 Å². The van der Waals surface area contributed by atoms with Crippen molar-refractivity contribution in [2.75, 3.05) is 13.1 Å². The van der Waals surface area contributed by atoms with E-state index in [2.05, 4.69) is 47.6 Å². The number of carbonyl (C=O) groups is 2. The van der Waals surface area contributed by atoms with Gasteiger partial charge in [-0.05, 0) is 131 Å². The third kappa shape index (κ3) is 11.3. The van der Waals surface area contributed by atoms with Crippen LogP contribution in [0.1, 0.15) is 183 Å². The second kappa shape index (κ2) is 19.8. The Morgan fingerprint density at radius 3 is 2.27 bits per heavy atom. The van der Waals surface area contributed by atoms with Gasteiger partial charge < -0.3 is 21.1 Å². The number of amides is 1. The predicted molar refractivity (Wildman–Crippen MR) is 213 cm³/mol. The number of nitrogens with zero attached hydrogens (tertiary/aromatic N) is 1. The fourth-order valence-corrected chi connectivity index (χ4v) is 11.6. The fraction of sp³-hybridized carbons (Fsp3) is 0.911. The molecule has 4 N–H and O–H groups in total. The average Bonchev–Trinajstić information content (AvgIpc) is 3.42. The summed E-state index contributed by atoms with van der Waals surface area (Å²) in [4.78, 5) is 28.3. The lowest BCUT2D eigenvalue weighted by Gasteiger charge is -2.58. The molecule has 0 aromatic carbocycles. The molecular weight excluding hydrogens is 631 g/mol. The second-order valence-electron chi connectivity index (χ2n) is 19.0. The lowest BCUT2D eigenvalue weighted by molar-refractivity contribution is -0.153. The number of rotatable bonds is 21. The lowest BCUT2D eigenvalue weighted by Crippen LogP contribution is -2.50. The second-order valence-corrected chi connectivity index (χ2v) is 19.0. The van der Waals surface area contributed by atoms with Crippen LogP contribution in [0.2, 0.25) is 0 Å². The van der Waals surface area contributed by atoms with Gasteiger partial charge in [0.15, 0.2) is 0 Å². The number of hydrogen-bond donors (Lipinski definition) is 2. The highest BCUT2D eigenvalue weighted by atomic mass is 16.5. The molecule has 0 aromatic rings. The maximum atomic E-state index is 13.2. The molecule has 0 saturated heterocycles. The molecule has 3 fully saturated rings. The first-order valence-electron chi connectivity index (χ1n) is 22.0. The van der Waals surface area contributed by atoms with E-state index >= 15 is 0 Å². The summed E-state index contributed by atoms with van der Waals surface area (Å²) in [6.07, 6.45) is 25.8. The Labute approximate surface area is 314 Å². The average molecular weight is 712 g/mol. The number of fused-ring (bicyclic) bond motifs is 5. The minimum atomic E-state index is -0.211. The highest BCUT2D eigenvalue weighted by Gasteiger charge is 2.58. The SMILES string of the molecule is CCC(CCCC1CCC2C3CC=C4CC(OC(=O)CCC(=O)N(CCCCCCCC(C)N)CCC(C)N)CCC4(C)C3CCC12C)C(C)C. The van der Waals surface area contributed by atoms with Gasteiger partial charge in [-0.1, -0.05) is 91.2 Å². The third-order valence-corrected chi connectivity index (χ3v) is 15.0. The molecule has 10 unspecified atom stereocenters. The number of allylic oxidation sites excluding steroid dienone is 1. The fourth-order valence-electron chi connectivity index (χ4n) is 11.6. The summed E-state index contributed by atoms with van der Waals surface area (Å²) in [5, 5.41) is 0. The minimum Gasteiger partial charge on any atom is -0.462 e. The van der Waals surface area contributed by atoms with Crippen LogP contribution < -0.4 is 11.5 Å². The maximum Gasteiger partial charge on any atom is 0.306 e. The molecule has 294 valence electrons. The quantitative estimate of drug-likeness (QED) is 0.0702. The summed E-state index contributed by atoms with van der Waals surface area (Å²) < 4.78 is 6.10. The minimum absolute atomic E-state index is 0.0521. The van der Waals surface area contributed by atoms with E-state index in [1.165, 1.54) is 77.0 Å². The zero-order chi connectivity index (χ0) is 37.2. The third-order valence-electron chi connectivity index (χ3n) is 15.0. The molecule has 4 aliphatic carbocycles. The number of hydrogen-bond acceptors (Lipinski definition) is 5. The number of unbranched alkanes of at least 4 members (excludes halogenated alkanes) is 4. The van der Waals surface area contributed by atoms with Crippen LogP contribution in [0.25, 0.3) is 0 Å². The Morgan fingerprint density at radius 1 is 0.843 bits per heavy atom. The van der Waals surface area contributed by atoms with E-state index in [1.807, 2.05) is 11.8 Å². The Kier molecular flexibility index (Phi) is 16.4. The number of carbonyl (C=O) groups excluding carboxylic acids is 2. The normalized spacial score (nSPS) is 32.0. The summed E-state index contributed by atoms with van der Waals surface area (Å²) in [5.41, 5.74) is 14.2. The van der Waals surface area contributed by atoms with Crippen molar-refractivity contribution in [2.24, 2.45) is 57.8 Å². The Morgan fingerprint density at radius 2 is 1.57 bits per heavy atom. The van der Waals surface area contributed by atoms with Crippen LogP contribution in [0, 0.1) is 46.3 Å². The lowest BCUT2D eigenvalue weighted by atomic mass is 9.47. The molecule has 0 radical (unpaired) electrons. The first-order valence-corrected chi connectivity index (χ1v) is 22.0. The van der Waals surface area contributed by atoms with Gasteiger partial charge in [0, 0.05) is 38.0 Å². The largest absolute Gasteiger partial charge is 0.462 e. The number of esters is 1. The van der Waals surface area contributed by atoms with Crippen molar-refractivity contribution in [1.29, 1.82) is 0 Å². The van der Waals surface area contributed by atoms with Gasteiger partial charge in [-0.3, -0.25) is 9.59 Å². The molecule has 0 aromatic heterocycles. The summed E-state index contributed by atoms with van der Waals surface area (Å²) in [5.74, 6) is 4.90. The van der Waals surface area contributed by atoms with Gasteiger partial charge in [-0.15, -0.1) is 0 Å². The number of nitrogens with two attached hydrogens (primary N) is 2. The highest BCUT2D eigenvalue weighted by Crippen LogP contribution is 2.67. The van der Waals surface area contributed by atoms with Crippen LogP contribution >= 0.6 is 0 Å². The molecule has 51 heavy (non-hydrogen) atoms. The summed E-state index contributed by atoms with van der Waals surface area (Å²) >= 11 is 0. The van der Waals surface area contributed by atoms with E-state index in [9.17, 15) is 9.59 Å². The van der Waals surface area contributed by atoms with Crippen molar-refractivity contribution in [3.63, 3.8) is 0 Å². The van der Waals surface area contributed by atoms with Crippen molar-refractivity contribution < 1.29 is 14.3 Å². The van der Waals surface area contributed by atoms with Gasteiger partial charge in [0.1, 0.15) is 6.10 Å². The maximum absolute atomic E-state index is 13.2. The van der Waals surface area contributed by atoms with Crippen molar-refractivity contribution in [3.8, 4) is 0 Å². The summed E-state index contributed by atoms with van der Waals surface area (Å²) in [6, 6.07) is 0.325. The predicted octanol–water partition coefficient (Wildman–Crippen LogP) is 10.4. The number of ether oxygens (including phenoxy) is 1. The van der Waals surface area contributed by atoms with Crippen LogP contribution in [0.15, 0.2) is 11.6 Å². The first-order chi connectivity index (χ1) is 24.3. The van der Waals surface area contributed by atoms with Crippen molar-refractivity contribution in [1.82, 2.24) is 4.90 Å². The van der Waals surface area contributed by atoms with E-state index in [1.54, 1.807) is 5.57 Å². The Balaban J connectivity index is 1.24. The van der Waals surface area contributed by atoms with Gasteiger partial charge in [-0.25, -0.2) is 0 Å². The molecule has 0 aliphatic heterocycles.